The molecular formula is C27H29F4NO5S. The third-order valence-electron chi connectivity index (χ3n) is 8.48. The monoisotopic (exact) mass is 555 g/mol. The van der Waals surface area contributed by atoms with Crippen LogP contribution in [0.4, 0.5) is 17.6 Å². The SMILES string of the molecule is CC(F)(c1ccc2c(c1)OCC1N(C(=O)C3(O)CCS(=O)(=O)CC3)CCC21Cc1ccccc1)C(F)(F)F. The third-order valence-corrected chi connectivity index (χ3v) is 10.1. The lowest BCUT2D eigenvalue weighted by molar-refractivity contribution is -0.228. The van der Waals surface area contributed by atoms with E-state index in [0.717, 1.165) is 17.7 Å². The summed E-state index contributed by atoms with van der Waals surface area (Å²) in [6, 6.07) is 12.5. The molecule has 0 saturated carbocycles. The van der Waals surface area contributed by atoms with Gasteiger partial charge in [-0.05, 0) is 44.2 Å². The fourth-order valence-electron chi connectivity index (χ4n) is 6.04. The van der Waals surface area contributed by atoms with Crippen molar-refractivity contribution in [2.75, 3.05) is 24.7 Å². The summed E-state index contributed by atoms with van der Waals surface area (Å²) >= 11 is 0. The molecule has 38 heavy (non-hydrogen) atoms. The summed E-state index contributed by atoms with van der Waals surface area (Å²) in [7, 11) is -3.32. The Balaban J connectivity index is 1.54. The van der Waals surface area contributed by atoms with Gasteiger partial charge in [-0.15, -0.1) is 0 Å². The van der Waals surface area contributed by atoms with Gasteiger partial charge in [-0.3, -0.25) is 4.79 Å². The van der Waals surface area contributed by atoms with Crippen LogP contribution in [0, 0.1) is 0 Å². The fourth-order valence-corrected chi connectivity index (χ4v) is 7.54. The summed E-state index contributed by atoms with van der Waals surface area (Å²) in [5.74, 6) is -0.998. The fraction of sp³-hybridized carbons (Fsp3) is 0.519. The number of benzene rings is 2. The van der Waals surface area contributed by atoms with Gasteiger partial charge < -0.3 is 14.7 Å². The number of nitrogens with zero attached hydrogens (tertiary/aromatic N) is 1. The van der Waals surface area contributed by atoms with Crippen LogP contribution < -0.4 is 4.74 Å². The van der Waals surface area contributed by atoms with E-state index < -0.39 is 50.2 Å². The van der Waals surface area contributed by atoms with Crippen molar-refractivity contribution in [2.45, 2.75) is 61.5 Å². The van der Waals surface area contributed by atoms with Gasteiger partial charge in [0, 0.05) is 23.1 Å². The minimum atomic E-state index is -5.11. The molecule has 0 aromatic heterocycles. The second-order valence-corrected chi connectivity index (χ2v) is 13.1. The molecule has 2 aromatic rings. The topological polar surface area (TPSA) is 83.9 Å². The molecule has 3 atom stereocenters. The van der Waals surface area contributed by atoms with Gasteiger partial charge >= 0.3 is 6.18 Å². The number of amides is 1. The summed E-state index contributed by atoms with van der Waals surface area (Å²) in [5, 5.41) is 11.1. The Morgan fingerprint density at radius 1 is 1.08 bits per heavy atom. The Morgan fingerprint density at radius 2 is 1.74 bits per heavy atom. The van der Waals surface area contributed by atoms with Gasteiger partial charge in [-0.2, -0.15) is 13.2 Å². The first-order valence-corrected chi connectivity index (χ1v) is 14.3. The molecule has 206 valence electrons. The number of fused-ring (bicyclic) bond motifs is 3. The van der Waals surface area contributed by atoms with Crippen molar-refractivity contribution in [3.63, 3.8) is 0 Å². The van der Waals surface area contributed by atoms with Crippen molar-refractivity contribution in [3.8, 4) is 5.75 Å². The summed E-state index contributed by atoms with van der Waals surface area (Å²) in [6.45, 7) is 0.666. The number of likely N-dealkylation sites (tertiary alicyclic amines) is 1. The van der Waals surface area contributed by atoms with Crippen molar-refractivity contribution < 1.29 is 40.6 Å². The third kappa shape index (κ3) is 4.37. The van der Waals surface area contributed by atoms with E-state index in [1.54, 1.807) is 0 Å². The Labute approximate surface area is 218 Å². The van der Waals surface area contributed by atoms with Crippen molar-refractivity contribution in [3.05, 3.63) is 65.2 Å². The minimum Gasteiger partial charge on any atom is -0.491 e. The number of ether oxygens (including phenoxy) is 1. The highest BCUT2D eigenvalue weighted by molar-refractivity contribution is 7.91. The molecule has 1 amide bonds. The molecular weight excluding hydrogens is 526 g/mol. The van der Waals surface area contributed by atoms with Crippen LogP contribution in [0.15, 0.2) is 48.5 Å². The molecule has 2 fully saturated rings. The molecule has 3 aliphatic rings. The Kier molecular flexibility index (Phi) is 6.34. The predicted molar refractivity (Wildman–Crippen MR) is 131 cm³/mol. The molecule has 2 saturated heterocycles. The van der Waals surface area contributed by atoms with Gasteiger partial charge in [0.25, 0.3) is 5.91 Å². The number of sulfone groups is 1. The van der Waals surface area contributed by atoms with Crippen molar-refractivity contribution in [1.82, 2.24) is 4.90 Å². The smallest absolute Gasteiger partial charge is 0.426 e. The van der Waals surface area contributed by atoms with E-state index in [4.69, 9.17) is 4.74 Å². The molecule has 0 aliphatic carbocycles. The molecule has 11 heteroatoms. The number of hydrogen-bond donors (Lipinski definition) is 1. The summed E-state index contributed by atoms with van der Waals surface area (Å²) in [4.78, 5) is 15.2. The zero-order valence-electron chi connectivity index (χ0n) is 20.8. The van der Waals surface area contributed by atoms with Gasteiger partial charge in [-0.1, -0.05) is 42.5 Å². The van der Waals surface area contributed by atoms with E-state index in [-0.39, 0.29) is 43.2 Å². The average molecular weight is 556 g/mol. The second kappa shape index (κ2) is 8.94. The second-order valence-electron chi connectivity index (χ2n) is 10.8. The van der Waals surface area contributed by atoms with Crippen LogP contribution in [-0.4, -0.2) is 66.8 Å². The van der Waals surface area contributed by atoms with E-state index in [1.807, 2.05) is 30.3 Å². The molecule has 3 heterocycles. The maximum Gasteiger partial charge on any atom is 0.426 e. The number of hydrogen-bond acceptors (Lipinski definition) is 5. The number of alkyl halides is 4. The van der Waals surface area contributed by atoms with Gasteiger partial charge in [0.1, 0.15) is 18.0 Å². The van der Waals surface area contributed by atoms with Crippen LogP contribution in [0.2, 0.25) is 0 Å². The lowest BCUT2D eigenvalue weighted by Gasteiger charge is -2.45. The maximum atomic E-state index is 14.8. The highest BCUT2D eigenvalue weighted by Gasteiger charge is 2.58. The van der Waals surface area contributed by atoms with Gasteiger partial charge in [-0.25, -0.2) is 12.8 Å². The molecule has 3 aliphatic heterocycles. The predicted octanol–water partition coefficient (Wildman–Crippen LogP) is 3.85. The highest BCUT2D eigenvalue weighted by Crippen LogP contribution is 2.52. The lowest BCUT2D eigenvalue weighted by atomic mass is 9.68. The molecule has 0 spiro atoms. The quantitative estimate of drug-likeness (QED) is 0.580. The van der Waals surface area contributed by atoms with Crippen LogP contribution in [0.3, 0.4) is 0 Å². The van der Waals surface area contributed by atoms with Crippen LogP contribution in [0.5, 0.6) is 5.75 Å². The van der Waals surface area contributed by atoms with E-state index in [2.05, 4.69) is 0 Å². The first-order valence-electron chi connectivity index (χ1n) is 12.5. The Bertz CT molecular complexity index is 1330. The molecule has 2 aromatic carbocycles. The van der Waals surface area contributed by atoms with Gasteiger partial charge in [0.2, 0.25) is 5.67 Å². The number of carbonyl (C=O) groups is 1. The summed E-state index contributed by atoms with van der Waals surface area (Å²) < 4.78 is 84.7. The standard InChI is InChI=1S/C27H29F4NO5S/c1-24(28,27(29,30)31)19-7-8-20-21(15-19)37-17-22-25(20,16-18-5-3-2-4-6-18)9-12-32(22)23(33)26(34)10-13-38(35,36)14-11-26/h2-8,15,22,34H,9-14,16-17H2,1H3. The molecule has 5 rings (SSSR count). The first kappa shape index (κ1) is 26.9. The van der Waals surface area contributed by atoms with Crippen molar-refractivity contribution in [1.29, 1.82) is 0 Å². The zero-order valence-corrected chi connectivity index (χ0v) is 21.6. The lowest BCUT2D eigenvalue weighted by Crippen LogP contribution is -2.58. The van der Waals surface area contributed by atoms with Crippen LogP contribution in [0.1, 0.15) is 42.9 Å². The Hall–Kier alpha value is -2.66. The molecule has 0 radical (unpaired) electrons. The molecule has 1 N–H and O–H groups in total. The van der Waals surface area contributed by atoms with Crippen LogP contribution in [-0.2, 0) is 32.1 Å². The Morgan fingerprint density at radius 3 is 2.37 bits per heavy atom. The number of halogens is 4. The first-order chi connectivity index (χ1) is 17.7. The van der Waals surface area contributed by atoms with Gasteiger partial charge in [0.15, 0.2) is 9.84 Å². The van der Waals surface area contributed by atoms with Gasteiger partial charge in [0.05, 0.1) is 17.5 Å². The van der Waals surface area contributed by atoms with E-state index in [9.17, 15) is 35.9 Å². The summed E-state index contributed by atoms with van der Waals surface area (Å²) in [5.41, 5.74) is -5.20. The number of aliphatic hydroxyl groups is 1. The van der Waals surface area contributed by atoms with E-state index >= 15 is 0 Å². The number of carbonyl (C=O) groups excluding carboxylic acids is 1. The van der Waals surface area contributed by atoms with Crippen LogP contribution >= 0.6 is 0 Å². The minimum absolute atomic E-state index is 0.0571. The number of rotatable bonds is 4. The van der Waals surface area contributed by atoms with Crippen LogP contribution in [0.25, 0.3) is 0 Å². The van der Waals surface area contributed by atoms with Crippen molar-refractivity contribution in [2.24, 2.45) is 0 Å². The molecule has 6 nitrogen and oxygen atoms in total. The zero-order chi connectivity index (χ0) is 27.6. The molecule has 0 bridgehead atoms. The van der Waals surface area contributed by atoms with E-state index in [1.165, 1.54) is 11.0 Å². The highest BCUT2D eigenvalue weighted by atomic mass is 32.2. The maximum absolute atomic E-state index is 14.8. The van der Waals surface area contributed by atoms with E-state index in [0.29, 0.717) is 25.3 Å². The summed E-state index contributed by atoms with van der Waals surface area (Å²) in [6.07, 6.45) is -4.63. The normalized spacial score (nSPS) is 27.5. The largest absolute Gasteiger partial charge is 0.491 e. The average Bonchev–Trinajstić information content (AvgIpc) is 3.24. The molecule has 3 unspecified atom stereocenters. The van der Waals surface area contributed by atoms with Crippen molar-refractivity contribution >= 4 is 15.7 Å².